The van der Waals surface area contributed by atoms with Gasteiger partial charge in [-0.05, 0) is 36.2 Å². The molecule has 0 unspecified atom stereocenters. The lowest BCUT2D eigenvalue weighted by atomic mass is 10.1. The summed E-state index contributed by atoms with van der Waals surface area (Å²) in [5.41, 5.74) is 13.3. The largest absolute Gasteiger partial charge is 0.399 e. The van der Waals surface area contributed by atoms with Crippen molar-refractivity contribution in [2.45, 2.75) is 6.42 Å². The molecule has 0 spiro atoms. The van der Waals surface area contributed by atoms with Crippen molar-refractivity contribution in [1.29, 1.82) is 0 Å². The van der Waals surface area contributed by atoms with Gasteiger partial charge in [-0.1, -0.05) is 35.3 Å². The topological polar surface area (TPSA) is 81.1 Å². The van der Waals surface area contributed by atoms with Gasteiger partial charge in [0.1, 0.15) is 0 Å². The van der Waals surface area contributed by atoms with Gasteiger partial charge >= 0.3 is 0 Å². The van der Waals surface area contributed by atoms with Crippen molar-refractivity contribution in [2.24, 2.45) is 5.73 Å². The molecule has 21 heavy (non-hydrogen) atoms. The van der Waals surface area contributed by atoms with E-state index in [-0.39, 0.29) is 5.56 Å². The molecule has 0 fully saturated rings. The summed E-state index contributed by atoms with van der Waals surface area (Å²) in [6, 6.07) is 10.7. The Morgan fingerprint density at radius 3 is 2.43 bits per heavy atom. The van der Waals surface area contributed by atoms with Crippen LogP contribution in [0, 0.1) is 0 Å². The molecule has 0 saturated heterocycles. The number of nitrogen functional groups attached to an aromatic ring is 1. The highest BCUT2D eigenvalue weighted by Crippen LogP contribution is 2.29. The lowest BCUT2D eigenvalue weighted by molar-refractivity contribution is 0.100. The van der Waals surface area contributed by atoms with Crippen LogP contribution >= 0.6 is 23.2 Å². The van der Waals surface area contributed by atoms with E-state index in [2.05, 4.69) is 5.32 Å². The Balaban J connectivity index is 2.09. The van der Waals surface area contributed by atoms with Gasteiger partial charge in [-0.2, -0.15) is 0 Å². The quantitative estimate of drug-likeness (QED) is 0.738. The fraction of sp³-hybridized carbons (Fsp3) is 0.133. The number of hydrogen-bond donors (Lipinski definition) is 3. The Morgan fingerprint density at radius 1 is 1.14 bits per heavy atom. The SMILES string of the molecule is NC(=O)c1cc(N)cc(Cl)c1NCCc1ccc(Cl)cc1. The van der Waals surface area contributed by atoms with E-state index >= 15 is 0 Å². The molecule has 0 aromatic heterocycles. The van der Waals surface area contributed by atoms with E-state index < -0.39 is 5.91 Å². The normalized spacial score (nSPS) is 10.4. The molecule has 110 valence electrons. The lowest BCUT2D eigenvalue weighted by Gasteiger charge is -2.13. The van der Waals surface area contributed by atoms with Crippen LogP contribution in [0.1, 0.15) is 15.9 Å². The van der Waals surface area contributed by atoms with E-state index in [0.717, 1.165) is 12.0 Å². The Morgan fingerprint density at radius 2 is 1.81 bits per heavy atom. The molecule has 0 bridgehead atoms. The predicted molar refractivity (Wildman–Crippen MR) is 88.0 cm³/mol. The molecule has 0 aliphatic rings. The highest BCUT2D eigenvalue weighted by molar-refractivity contribution is 6.34. The number of nitrogens with two attached hydrogens (primary N) is 2. The first-order chi connectivity index (χ1) is 9.97. The zero-order chi connectivity index (χ0) is 15.4. The van der Waals surface area contributed by atoms with Gasteiger partial charge in [0, 0.05) is 17.3 Å². The fourth-order valence-corrected chi connectivity index (χ4v) is 2.41. The monoisotopic (exact) mass is 323 g/mol. The molecule has 0 radical (unpaired) electrons. The molecule has 0 aliphatic heterocycles. The first-order valence-corrected chi connectivity index (χ1v) is 7.10. The number of nitrogens with one attached hydrogen (secondary N) is 1. The van der Waals surface area contributed by atoms with Crippen molar-refractivity contribution in [3.05, 3.63) is 57.6 Å². The maximum atomic E-state index is 11.5. The molecule has 5 N–H and O–H groups in total. The smallest absolute Gasteiger partial charge is 0.250 e. The zero-order valence-corrected chi connectivity index (χ0v) is 12.7. The maximum absolute atomic E-state index is 11.5. The highest BCUT2D eigenvalue weighted by Gasteiger charge is 2.12. The number of halogens is 2. The summed E-state index contributed by atoms with van der Waals surface area (Å²) in [6.07, 6.45) is 0.760. The van der Waals surface area contributed by atoms with Gasteiger partial charge < -0.3 is 16.8 Å². The Kier molecular flexibility index (Phi) is 4.94. The van der Waals surface area contributed by atoms with E-state index in [1.54, 1.807) is 6.07 Å². The van der Waals surface area contributed by atoms with E-state index in [9.17, 15) is 4.79 Å². The van der Waals surface area contributed by atoms with Crippen molar-refractivity contribution in [1.82, 2.24) is 0 Å². The molecular formula is C15H15Cl2N3O. The molecule has 0 atom stereocenters. The van der Waals surface area contributed by atoms with Crippen LogP contribution in [0.3, 0.4) is 0 Å². The lowest BCUT2D eigenvalue weighted by Crippen LogP contribution is -2.16. The average molecular weight is 324 g/mol. The van der Waals surface area contributed by atoms with Gasteiger partial charge in [0.05, 0.1) is 16.3 Å². The van der Waals surface area contributed by atoms with Crippen molar-refractivity contribution in [3.8, 4) is 0 Å². The minimum absolute atomic E-state index is 0.288. The highest BCUT2D eigenvalue weighted by atomic mass is 35.5. The zero-order valence-electron chi connectivity index (χ0n) is 11.2. The number of anilines is 2. The van der Waals surface area contributed by atoms with Gasteiger partial charge in [-0.3, -0.25) is 4.79 Å². The molecule has 2 aromatic rings. The van der Waals surface area contributed by atoms with E-state index in [1.165, 1.54) is 6.07 Å². The van der Waals surface area contributed by atoms with Crippen LogP contribution in [0.2, 0.25) is 10.0 Å². The third kappa shape index (κ3) is 4.03. The summed E-state index contributed by atoms with van der Waals surface area (Å²) in [5, 5.41) is 4.21. The van der Waals surface area contributed by atoms with E-state index in [0.29, 0.717) is 28.0 Å². The number of rotatable bonds is 5. The number of benzene rings is 2. The van der Waals surface area contributed by atoms with Crippen LogP contribution in [0.5, 0.6) is 0 Å². The number of carbonyl (C=O) groups excluding carboxylic acids is 1. The predicted octanol–water partition coefficient (Wildman–Crippen LogP) is 3.33. The Labute approximate surface area is 133 Å². The molecule has 6 heteroatoms. The van der Waals surface area contributed by atoms with Crippen molar-refractivity contribution >= 4 is 40.5 Å². The van der Waals surface area contributed by atoms with Gasteiger partial charge in [0.2, 0.25) is 0 Å². The first-order valence-electron chi connectivity index (χ1n) is 6.34. The number of hydrogen-bond acceptors (Lipinski definition) is 3. The van der Waals surface area contributed by atoms with Crippen LogP contribution in [0.4, 0.5) is 11.4 Å². The van der Waals surface area contributed by atoms with Crippen LogP contribution in [-0.2, 0) is 6.42 Å². The molecule has 0 saturated carbocycles. The maximum Gasteiger partial charge on any atom is 0.250 e. The summed E-state index contributed by atoms with van der Waals surface area (Å²) < 4.78 is 0. The summed E-state index contributed by atoms with van der Waals surface area (Å²) in [6.45, 7) is 0.603. The summed E-state index contributed by atoms with van der Waals surface area (Å²) in [5.74, 6) is -0.571. The molecule has 0 aliphatic carbocycles. The Bertz CT molecular complexity index is 657. The second-order valence-corrected chi connectivity index (χ2v) is 5.44. The Hall–Kier alpha value is -1.91. The number of carbonyl (C=O) groups is 1. The van der Waals surface area contributed by atoms with Crippen molar-refractivity contribution in [2.75, 3.05) is 17.6 Å². The molecule has 0 heterocycles. The standard InChI is InChI=1S/C15H15Cl2N3O/c16-10-3-1-9(2-4-10)5-6-20-14-12(15(19)21)7-11(18)8-13(14)17/h1-4,7-8,20H,5-6,18H2,(H2,19,21). The molecule has 2 rings (SSSR count). The average Bonchev–Trinajstić information content (AvgIpc) is 2.42. The number of amides is 1. The molecular weight excluding hydrogens is 309 g/mol. The van der Waals surface area contributed by atoms with Crippen LogP contribution in [0.15, 0.2) is 36.4 Å². The van der Waals surface area contributed by atoms with Crippen molar-refractivity contribution < 1.29 is 4.79 Å². The summed E-state index contributed by atoms with van der Waals surface area (Å²) >= 11 is 12.0. The van der Waals surface area contributed by atoms with Crippen LogP contribution in [-0.4, -0.2) is 12.5 Å². The minimum atomic E-state index is -0.571. The third-order valence-corrected chi connectivity index (χ3v) is 3.56. The molecule has 1 amide bonds. The van der Waals surface area contributed by atoms with Gasteiger partial charge in [-0.25, -0.2) is 0 Å². The third-order valence-electron chi connectivity index (χ3n) is 3.01. The van der Waals surface area contributed by atoms with Gasteiger partial charge in [-0.15, -0.1) is 0 Å². The second kappa shape index (κ2) is 6.70. The minimum Gasteiger partial charge on any atom is -0.399 e. The molecule has 4 nitrogen and oxygen atoms in total. The summed E-state index contributed by atoms with van der Waals surface area (Å²) in [4.78, 5) is 11.5. The van der Waals surface area contributed by atoms with Gasteiger partial charge in [0.15, 0.2) is 0 Å². The van der Waals surface area contributed by atoms with Crippen LogP contribution in [0.25, 0.3) is 0 Å². The van der Waals surface area contributed by atoms with E-state index in [4.69, 9.17) is 34.7 Å². The van der Waals surface area contributed by atoms with E-state index in [1.807, 2.05) is 24.3 Å². The van der Waals surface area contributed by atoms with Crippen molar-refractivity contribution in [3.63, 3.8) is 0 Å². The first kappa shape index (κ1) is 15.5. The summed E-state index contributed by atoms with van der Waals surface area (Å²) in [7, 11) is 0. The number of primary amides is 1. The molecule has 2 aromatic carbocycles. The van der Waals surface area contributed by atoms with Crippen LogP contribution < -0.4 is 16.8 Å². The second-order valence-electron chi connectivity index (χ2n) is 4.59. The fourth-order valence-electron chi connectivity index (χ4n) is 1.98. The van der Waals surface area contributed by atoms with Gasteiger partial charge in [0.25, 0.3) is 5.91 Å².